The van der Waals surface area contributed by atoms with Crippen LogP contribution in [0.15, 0.2) is 24.4 Å². The summed E-state index contributed by atoms with van der Waals surface area (Å²) in [5.41, 5.74) is 7.90. The van der Waals surface area contributed by atoms with Crippen molar-refractivity contribution in [2.75, 3.05) is 0 Å². The van der Waals surface area contributed by atoms with E-state index in [1.807, 2.05) is 12.3 Å². The van der Waals surface area contributed by atoms with E-state index in [2.05, 4.69) is 4.98 Å². The molecule has 0 aliphatic heterocycles. The molecular weight excluding hydrogens is 215 g/mol. The van der Waals surface area contributed by atoms with Gasteiger partial charge in [0.05, 0.1) is 5.52 Å². The molecule has 2 aromatic rings. The second kappa shape index (κ2) is 4.15. The van der Waals surface area contributed by atoms with Crippen molar-refractivity contribution >= 4 is 10.9 Å². The largest absolute Gasteiger partial charge is 0.359 e. The van der Waals surface area contributed by atoms with Gasteiger partial charge in [-0.05, 0) is 36.8 Å². The standard InChI is InChI=1S/C14H17FN2/c15-12-5-2-4-11-10(8-17-14(11)12)7-9-3-1-6-13(9)16/h2,4-5,8-9,13,17H,1,3,6-7,16H2. The Morgan fingerprint density at radius 3 is 3.00 bits per heavy atom. The Kier molecular flexibility index (Phi) is 2.63. The van der Waals surface area contributed by atoms with E-state index in [-0.39, 0.29) is 5.82 Å². The van der Waals surface area contributed by atoms with Crippen molar-refractivity contribution < 1.29 is 4.39 Å². The van der Waals surface area contributed by atoms with Crippen LogP contribution in [0.4, 0.5) is 4.39 Å². The summed E-state index contributed by atoms with van der Waals surface area (Å²) < 4.78 is 13.5. The summed E-state index contributed by atoms with van der Waals surface area (Å²) in [5, 5.41) is 1.00. The van der Waals surface area contributed by atoms with E-state index < -0.39 is 0 Å². The number of aromatic amines is 1. The SMILES string of the molecule is NC1CCCC1Cc1c[nH]c2c(F)cccc12. The fraction of sp³-hybridized carbons (Fsp3) is 0.429. The van der Waals surface area contributed by atoms with Crippen molar-refractivity contribution in [2.24, 2.45) is 11.7 Å². The Labute approximate surface area is 100 Å². The molecule has 1 saturated carbocycles. The lowest BCUT2D eigenvalue weighted by atomic mass is 9.95. The van der Waals surface area contributed by atoms with Gasteiger partial charge in [0.25, 0.3) is 0 Å². The van der Waals surface area contributed by atoms with Crippen LogP contribution in [0.1, 0.15) is 24.8 Å². The van der Waals surface area contributed by atoms with Crippen LogP contribution in [-0.2, 0) is 6.42 Å². The zero-order valence-corrected chi connectivity index (χ0v) is 9.75. The molecule has 2 unspecified atom stereocenters. The molecule has 90 valence electrons. The highest BCUT2D eigenvalue weighted by molar-refractivity contribution is 5.83. The average Bonchev–Trinajstić information content (AvgIpc) is 2.89. The normalized spacial score (nSPS) is 24.6. The number of aromatic nitrogens is 1. The Balaban J connectivity index is 1.93. The lowest BCUT2D eigenvalue weighted by Gasteiger charge is -2.14. The van der Waals surface area contributed by atoms with Crippen LogP contribution in [0, 0.1) is 11.7 Å². The highest BCUT2D eigenvalue weighted by Crippen LogP contribution is 2.30. The summed E-state index contributed by atoms with van der Waals surface area (Å²) in [6.07, 6.45) is 6.44. The third kappa shape index (κ3) is 1.84. The summed E-state index contributed by atoms with van der Waals surface area (Å²) in [6, 6.07) is 5.55. The molecule has 1 aliphatic rings. The predicted molar refractivity (Wildman–Crippen MR) is 67.3 cm³/mol. The Morgan fingerprint density at radius 1 is 1.35 bits per heavy atom. The van der Waals surface area contributed by atoms with Gasteiger partial charge >= 0.3 is 0 Å². The van der Waals surface area contributed by atoms with Gasteiger partial charge in [0.15, 0.2) is 0 Å². The van der Waals surface area contributed by atoms with E-state index >= 15 is 0 Å². The van der Waals surface area contributed by atoms with Crippen LogP contribution in [0.5, 0.6) is 0 Å². The number of H-pyrrole nitrogens is 1. The van der Waals surface area contributed by atoms with Crippen LogP contribution >= 0.6 is 0 Å². The molecular formula is C14H17FN2. The number of nitrogens with one attached hydrogen (secondary N) is 1. The van der Waals surface area contributed by atoms with Gasteiger partial charge in [0.1, 0.15) is 5.82 Å². The summed E-state index contributed by atoms with van der Waals surface area (Å²) in [4.78, 5) is 3.03. The molecule has 0 amide bonds. The fourth-order valence-corrected chi connectivity index (χ4v) is 2.95. The number of para-hydroxylation sites is 1. The Hall–Kier alpha value is -1.35. The molecule has 1 aromatic heterocycles. The van der Waals surface area contributed by atoms with Crippen molar-refractivity contribution in [3.8, 4) is 0 Å². The van der Waals surface area contributed by atoms with Gasteiger partial charge in [-0.3, -0.25) is 0 Å². The maximum atomic E-state index is 13.5. The second-order valence-electron chi connectivity index (χ2n) is 5.04. The minimum Gasteiger partial charge on any atom is -0.359 e. The van der Waals surface area contributed by atoms with Crippen LogP contribution in [0.25, 0.3) is 10.9 Å². The second-order valence-corrected chi connectivity index (χ2v) is 5.04. The third-order valence-corrected chi connectivity index (χ3v) is 3.95. The predicted octanol–water partition coefficient (Wildman–Crippen LogP) is 2.98. The summed E-state index contributed by atoms with van der Waals surface area (Å²) >= 11 is 0. The van der Waals surface area contributed by atoms with Gasteiger partial charge in [-0.25, -0.2) is 4.39 Å². The fourth-order valence-electron chi connectivity index (χ4n) is 2.95. The number of rotatable bonds is 2. The minimum atomic E-state index is -0.176. The molecule has 0 bridgehead atoms. The maximum absolute atomic E-state index is 13.5. The molecule has 1 aromatic carbocycles. The smallest absolute Gasteiger partial charge is 0.147 e. The molecule has 3 heteroatoms. The van der Waals surface area contributed by atoms with Crippen molar-refractivity contribution in [3.63, 3.8) is 0 Å². The van der Waals surface area contributed by atoms with Gasteiger partial charge in [-0.15, -0.1) is 0 Å². The highest BCUT2D eigenvalue weighted by Gasteiger charge is 2.24. The molecule has 1 aliphatic carbocycles. The molecule has 0 saturated heterocycles. The first-order valence-electron chi connectivity index (χ1n) is 6.26. The molecule has 0 radical (unpaired) electrons. The monoisotopic (exact) mass is 232 g/mol. The van der Waals surface area contributed by atoms with Gasteiger partial charge in [0.2, 0.25) is 0 Å². The lowest BCUT2D eigenvalue weighted by Crippen LogP contribution is -2.25. The molecule has 17 heavy (non-hydrogen) atoms. The number of benzene rings is 1. The number of hydrogen-bond donors (Lipinski definition) is 2. The van der Waals surface area contributed by atoms with E-state index in [1.54, 1.807) is 6.07 Å². The molecule has 3 N–H and O–H groups in total. The molecule has 0 spiro atoms. The molecule has 1 fully saturated rings. The van der Waals surface area contributed by atoms with Gasteiger partial charge in [0, 0.05) is 17.6 Å². The van der Waals surface area contributed by atoms with Crippen molar-refractivity contribution in [1.82, 2.24) is 4.98 Å². The Bertz CT molecular complexity index is 532. The maximum Gasteiger partial charge on any atom is 0.147 e. The van der Waals surface area contributed by atoms with Crippen molar-refractivity contribution in [3.05, 3.63) is 35.8 Å². The zero-order valence-electron chi connectivity index (χ0n) is 9.75. The lowest BCUT2D eigenvalue weighted by molar-refractivity contribution is 0.480. The average molecular weight is 232 g/mol. The zero-order chi connectivity index (χ0) is 11.8. The van der Waals surface area contributed by atoms with Gasteiger partial charge < -0.3 is 10.7 Å². The van der Waals surface area contributed by atoms with E-state index in [4.69, 9.17) is 5.73 Å². The minimum absolute atomic E-state index is 0.176. The van der Waals surface area contributed by atoms with E-state index in [1.165, 1.54) is 24.5 Å². The van der Waals surface area contributed by atoms with Gasteiger partial charge in [-0.2, -0.15) is 0 Å². The van der Waals surface area contributed by atoms with Crippen LogP contribution < -0.4 is 5.73 Å². The quantitative estimate of drug-likeness (QED) is 0.821. The molecule has 2 nitrogen and oxygen atoms in total. The Morgan fingerprint density at radius 2 is 2.24 bits per heavy atom. The topological polar surface area (TPSA) is 41.8 Å². The van der Waals surface area contributed by atoms with Crippen molar-refractivity contribution in [2.45, 2.75) is 31.7 Å². The van der Waals surface area contributed by atoms with Crippen molar-refractivity contribution in [1.29, 1.82) is 0 Å². The van der Waals surface area contributed by atoms with E-state index in [0.717, 1.165) is 18.2 Å². The first-order chi connectivity index (χ1) is 8.25. The highest BCUT2D eigenvalue weighted by atomic mass is 19.1. The van der Waals surface area contributed by atoms with E-state index in [9.17, 15) is 4.39 Å². The van der Waals surface area contributed by atoms with Crippen LogP contribution in [0.3, 0.4) is 0 Å². The summed E-state index contributed by atoms with van der Waals surface area (Å²) in [6.45, 7) is 0. The molecule has 3 rings (SSSR count). The number of halogens is 1. The number of nitrogens with two attached hydrogens (primary N) is 1. The third-order valence-electron chi connectivity index (χ3n) is 3.95. The summed E-state index contributed by atoms with van der Waals surface area (Å²) in [7, 11) is 0. The summed E-state index contributed by atoms with van der Waals surface area (Å²) in [5.74, 6) is 0.377. The first kappa shape index (κ1) is 10.8. The molecule has 2 atom stereocenters. The van der Waals surface area contributed by atoms with Crippen LogP contribution in [0.2, 0.25) is 0 Å². The van der Waals surface area contributed by atoms with E-state index in [0.29, 0.717) is 17.5 Å². The molecule has 1 heterocycles. The first-order valence-corrected chi connectivity index (χ1v) is 6.26. The number of fused-ring (bicyclic) bond motifs is 1. The van der Waals surface area contributed by atoms with Gasteiger partial charge in [-0.1, -0.05) is 18.6 Å². The number of hydrogen-bond acceptors (Lipinski definition) is 1. The van der Waals surface area contributed by atoms with Crippen LogP contribution in [-0.4, -0.2) is 11.0 Å².